The van der Waals surface area contributed by atoms with Crippen LogP contribution < -0.4 is 5.32 Å². The van der Waals surface area contributed by atoms with E-state index >= 15 is 0 Å². The Morgan fingerprint density at radius 3 is 2.88 bits per heavy atom. The number of aryl methyl sites for hydroxylation is 2. The summed E-state index contributed by atoms with van der Waals surface area (Å²) in [6, 6.07) is 0.291. The summed E-state index contributed by atoms with van der Waals surface area (Å²) >= 11 is 0. The molecule has 4 nitrogen and oxygen atoms in total. The Morgan fingerprint density at radius 2 is 2.25 bits per heavy atom. The van der Waals surface area contributed by atoms with E-state index < -0.39 is 0 Å². The number of hydrogen-bond donors (Lipinski definition) is 1. The van der Waals surface area contributed by atoms with Gasteiger partial charge in [0.25, 0.3) is 0 Å². The Balaban J connectivity index is 1.99. The average molecular weight is 221 g/mol. The van der Waals surface area contributed by atoms with Crippen LogP contribution in [0, 0.1) is 13.8 Å². The third-order valence-corrected chi connectivity index (χ3v) is 3.09. The minimum absolute atomic E-state index is 0.291. The third kappa shape index (κ3) is 2.50. The van der Waals surface area contributed by atoms with Gasteiger partial charge in [0.15, 0.2) is 0 Å². The van der Waals surface area contributed by atoms with Gasteiger partial charge in [0.05, 0.1) is 29.7 Å². The van der Waals surface area contributed by atoms with Crippen LogP contribution >= 0.6 is 0 Å². The molecule has 1 aromatic heterocycles. The number of ether oxygens (including phenoxy) is 1. The van der Waals surface area contributed by atoms with E-state index in [-0.39, 0.29) is 0 Å². The Kier molecular flexibility index (Phi) is 3.39. The van der Waals surface area contributed by atoms with Gasteiger partial charge in [-0.25, -0.2) is 4.98 Å². The van der Waals surface area contributed by atoms with Crippen molar-refractivity contribution in [1.29, 1.82) is 0 Å². The van der Waals surface area contributed by atoms with Crippen LogP contribution in [0.2, 0.25) is 0 Å². The van der Waals surface area contributed by atoms with Gasteiger partial charge >= 0.3 is 0 Å². The molecule has 4 heteroatoms. The molecule has 0 spiro atoms. The van der Waals surface area contributed by atoms with E-state index in [0.717, 1.165) is 36.7 Å². The van der Waals surface area contributed by atoms with Gasteiger partial charge in [0.2, 0.25) is 0 Å². The van der Waals surface area contributed by atoms with E-state index in [2.05, 4.69) is 22.2 Å². The molecule has 0 amide bonds. The molecular weight excluding hydrogens is 202 g/mol. The first kappa shape index (κ1) is 11.3. The van der Waals surface area contributed by atoms with Crippen LogP contribution in [-0.4, -0.2) is 28.7 Å². The largest absolute Gasteiger partial charge is 0.376 e. The van der Waals surface area contributed by atoms with Gasteiger partial charge in [-0.2, -0.15) is 0 Å². The van der Waals surface area contributed by atoms with Gasteiger partial charge in [0.1, 0.15) is 5.82 Å². The molecule has 16 heavy (non-hydrogen) atoms. The Hall–Kier alpha value is -1.16. The van der Waals surface area contributed by atoms with Crippen LogP contribution in [0.15, 0.2) is 6.20 Å². The predicted molar refractivity (Wildman–Crippen MR) is 63.6 cm³/mol. The number of nitrogens with one attached hydrogen (secondary N) is 1. The molecule has 0 saturated carbocycles. The zero-order chi connectivity index (χ0) is 11.5. The Bertz CT molecular complexity index is 361. The van der Waals surface area contributed by atoms with E-state index in [1.807, 2.05) is 13.8 Å². The molecule has 88 valence electrons. The van der Waals surface area contributed by atoms with Crippen LogP contribution in [0.4, 0.5) is 5.82 Å². The van der Waals surface area contributed by atoms with Crippen molar-refractivity contribution in [3.05, 3.63) is 17.6 Å². The van der Waals surface area contributed by atoms with Gasteiger partial charge in [-0.3, -0.25) is 4.98 Å². The summed E-state index contributed by atoms with van der Waals surface area (Å²) in [7, 11) is 0. The van der Waals surface area contributed by atoms with E-state index in [1.165, 1.54) is 0 Å². The van der Waals surface area contributed by atoms with Gasteiger partial charge < -0.3 is 10.1 Å². The summed E-state index contributed by atoms with van der Waals surface area (Å²) in [6.07, 6.45) is 4.39. The van der Waals surface area contributed by atoms with Crippen molar-refractivity contribution >= 4 is 5.82 Å². The molecule has 0 bridgehead atoms. The van der Waals surface area contributed by atoms with Gasteiger partial charge in [-0.1, -0.05) is 0 Å². The lowest BCUT2D eigenvalue weighted by Crippen LogP contribution is -2.30. The normalized spacial score (nSPS) is 22.1. The van der Waals surface area contributed by atoms with Crippen LogP contribution in [0.5, 0.6) is 0 Å². The summed E-state index contributed by atoms with van der Waals surface area (Å²) in [5.74, 6) is 0.839. The monoisotopic (exact) mass is 221 g/mol. The number of anilines is 1. The maximum absolute atomic E-state index is 5.63. The first-order valence-corrected chi connectivity index (χ1v) is 5.85. The molecule has 1 aliphatic heterocycles. The molecule has 1 aromatic rings. The second kappa shape index (κ2) is 4.78. The van der Waals surface area contributed by atoms with Gasteiger partial charge in [0, 0.05) is 6.61 Å². The zero-order valence-corrected chi connectivity index (χ0v) is 10.2. The molecule has 2 heterocycles. The minimum Gasteiger partial charge on any atom is -0.376 e. The average Bonchev–Trinajstić information content (AvgIpc) is 2.77. The number of rotatable bonds is 3. The number of hydrogen-bond acceptors (Lipinski definition) is 4. The molecule has 1 fully saturated rings. The number of aromatic nitrogens is 2. The highest BCUT2D eigenvalue weighted by atomic mass is 16.5. The van der Waals surface area contributed by atoms with Crippen molar-refractivity contribution in [3.63, 3.8) is 0 Å². The summed E-state index contributed by atoms with van der Waals surface area (Å²) in [5, 5.41) is 3.35. The maximum Gasteiger partial charge on any atom is 0.145 e. The highest BCUT2D eigenvalue weighted by molar-refractivity contribution is 5.34. The van der Waals surface area contributed by atoms with Crippen molar-refractivity contribution in [3.8, 4) is 0 Å². The summed E-state index contributed by atoms with van der Waals surface area (Å²) in [5.41, 5.74) is 1.96. The van der Waals surface area contributed by atoms with Crippen LogP contribution in [0.3, 0.4) is 0 Å². The molecule has 1 saturated heterocycles. The quantitative estimate of drug-likeness (QED) is 0.848. The highest BCUT2D eigenvalue weighted by Crippen LogP contribution is 2.18. The predicted octanol–water partition coefficient (Wildman–Crippen LogP) is 2.07. The van der Waals surface area contributed by atoms with Crippen molar-refractivity contribution in [1.82, 2.24) is 9.97 Å². The second-order valence-corrected chi connectivity index (χ2v) is 4.41. The molecule has 1 aliphatic rings. The molecular formula is C12H19N3O. The molecule has 2 rings (SSSR count). The minimum atomic E-state index is 0.291. The second-order valence-electron chi connectivity index (χ2n) is 4.41. The standard InChI is InChI=1S/C12H19N3O/c1-8-9(2)14-12(7-13-8)15-10(3)11-5-4-6-16-11/h7,10-11H,4-6H2,1-3H3,(H,14,15). The van der Waals surface area contributed by atoms with E-state index in [0.29, 0.717) is 12.1 Å². The van der Waals surface area contributed by atoms with Crippen molar-refractivity contribution < 1.29 is 4.74 Å². The van der Waals surface area contributed by atoms with Crippen molar-refractivity contribution in [2.75, 3.05) is 11.9 Å². The van der Waals surface area contributed by atoms with Crippen LogP contribution in [0.25, 0.3) is 0 Å². The lowest BCUT2D eigenvalue weighted by molar-refractivity contribution is 0.0995. The van der Waals surface area contributed by atoms with Gasteiger partial charge in [-0.15, -0.1) is 0 Å². The maximum atomic E-state index is 5.63. The van der Waals surface area contributed by atoms with Gasteiger partial charge in [-0.05, 0) is 33.6 Å². The lowest BCUT2D eigenvalue weighted by Gasteiger charge is -2.20. The SMILES string of the molecule is Cc1ncc(NC(C)C2CCCO2)nc1C. The molecule has 2 atom stereocenters. The van der Waals surface area contributed by atoms with E-state index in [1.54, 1.807) is 6.20 Å². The fraction of sp³-hybridized carbons (Fsp3) is 0.667. The molecule has 0 radical (unpaired) electrons. The van der Waals surface area contributed by atoms with Crippen molar-refractivity contribution in [2.24, 2.45) is 0 Å². The topological polar surface area (TPSA) is 47.0 Å². The summed E-state index contributed by atoms with van der Waals surface area (Å²) < 4.78 is 5.63. The molecule has 0 aliphatic carbocycles. The first-order valence-electron chi connectivity index (χ1n) is 5.85. The fourth-order valence-corrected chi connectivity index (χ4v) is 1.93. The highest BCUT2D eigenvalue weighted by Gasteiger charge is 2.22. The Labute approximate surface area is 96.4 Å². The molecule has 0 aromatic carbocycles. The smallest absolute Gasteiger partial charge is 0.145 e. The zero-order valence-electron chi connectivity index (χ0n) is 10.2. The third-order valence-electron chi connectivity index (χ3n) is 3.09. The van der Waals surface area contributed by atoms with Crippen LogP contribution in [0.1, 0.15) is 31.2 Å². The Morgan fingerprint density at radius 1 is 1.44 bits per heavy atom. The number of nitrogens with zero attached hydrogens (tertiary/aromatic N) is 2. The summed E-state index contributed by atoms with van der Waals surface area (Å²) in [4.78, 5) is 8.75. The molecule has 2 unspecified atom stereocenters. The van der Waals surface area contributed by atoms with Crippen LogP contribution in [-0.2, 0) is 4.74 Å². The van der Waals surface area contributed by atoms with E-state index in [4.69, 9.17) is 4.74 Å². The lowest BCUT2D eigenvalue weighted by atomic mass is 10.1. The molecule has 1 N–H and O–H groups in total. The first-order chi connectivity index (χ1) is 7.66. The van der Waals surface area contributed by atoms with E-state index in [9.17, 15) is 0 Å². The summed E-state index contributed by atoms with van der Waals surface area (Å²) in [6.45, 7) is 6.96. The van der Waals surface area contributed by atoms with Crippen molar-refractivity contribution in [2.45, 2.75) is 45.8 Å². The fourth-order valence-electron chi connectivity index (χ4n) is 1.93.